The van der Waals surface area contributed by atoms with Gasteiger partial charge in [0.1, 0.15) is 35.7 Å². The first-order chi connectivity index (χ1) is 19.3. The Morgan fingerprint density at radius 2 is 0.925 bits per heavy atom. The van der Waals surface area contributed by atoms with Crippen LogP contribution < -0.4 is 10.6 Å². The lowest BCUT2D eigenvalue weighted by Gasteiger charge is -2.24. The Bertz CT molecular complexity index is 1830. The molecule has 0 amide bonds. The van der Waals surface area contributed by atoms with Gasteiger partial charge in [-0.25, -0.2) is 8.78 Å². The highest BCUT2D eigenvalue weighted by molar-refractivity contribution is 6.29. The highest BCUT2D eigenvalue weighted by Crippen LogP contribution is 2.42. The first-order valence-electron chi connectivity index (χ1n) is 11.5. The summed E-state index contributed by atoms with van der Waals surface area (Å²) in [5.74, 6) is -4.25. The molecular weight excluding hydrogens is 514 g/mol. The molecule has 0 aliphatic heterocycles. The van der Waals surface area contributed by atoms with Crippen molar-refractivity contribution in [1.82, 2.24) is 0 Å². The average molecular weight is 526 g/mol. The van der Waals surface area contributed by atoms with Gasteiger partial charge in [-0.2, -0.15) is 21.0 Å². The van der Waals surface area contributed by atoms with Crippen molar-refractivity contribution >= 4 is 34.3 Å². The van der Waals surface area contributed by atoms with Crippen LogP contribution in [0.1, 0.15) is 54.1 Å². The lowest BCUT2D eigenvalue weighted by atomic mass is 9.82. The van der Waals surface area contributed by atoms with Crippen molar-refractivity contribution in [2.24, 2.45) is 0 Å². The maximum absolute atomic E-state index is 16.2. The van der Waals surface area contributed by atoms with Gasteiger partial charge in [-0.1, -0.05) is 24.3 Å². The van der Waals surface area contributed by atoms with Crippen LogP contribution in [0.3, 0.4) is 0 Å². The summed E-state index contributed by atoms with van der Waals surface area (Å²) < 4.78 is 32.5. The summed E-state index contributed by atoms with van der Waals surface area (Å²) in [6, 6.07) is 20.9. The van der Waals surface area contributed by atoms with Crippen LogP contribution >= 0.6 is 0 Å². The van der Waals surface area contributed by atoms with Gasteiger partial charge in [-0.05, 0) is 36.4 Å². The van der Waals surface area contributed by atoms with Crippen LogP contribution in [-0.2, 0) is 0 Å². The van der Waals surface area contributed by atoms with E-state index in [1.54, 1.807) is 0 Å². The van der Waals surface area contributed by atoms with E-state index < -0.39 is 45.7 Å². The molecule has 0 saturated heterocycles. The van der Waals surface area contributed by atoms with Gasteiger partial charge in [0, 0.05) is 22.5 Å². The number of carbonyl (C=O) groups is 2. The molecule has 0 saturated carbocycles. The zero-order valence-electron chi connectivity index (χ0n) is 20.1. The summed E-state index contributed by atoms with van der Waals surface area (Å²) >= 11 is 0. The lowest BCUT2D eigenvalue weighted by molar-refractivity contribution is 0.0972. The number of hydrogen-bond donors (Lipinski definition) is 2. The second kappa shape index (κ2) is 9.84. The van der Waals surface area contributed by atoms with E-state index in [0.29, 0.717) is 0 Å². The van der Waals surface area contributed by atoms with Gasteiger partial charge in [-0.15, -0.1) is 0 Å². The number of hydrogen-bond acceptors (Lipinski definition) is 8. The normalized spacial score (nSPS) is 11.2. The van der Waals surface area contributed by atoms with Crippen LogP contribution in [0, 0.1) is 57.0 Å². The molecule has 0 atom stereocenters. The number of anilines is 4. The third kappa shape index (κ3) is 3.96. The third-order valence-electron chi connectivity index (χ3n) is 6.31. The fraction of sp³-hybridized carbons (Fsp3) is 0. The monoisotopic (exact) mass is 526 g/mol. The van der Waals surface area contributed by atoms with Crippen LogP contribution in [0.4, 0.5) is 31.5 Å². The summed E-state index contributed by atoms with van der Waals surface area (Å²) in [5.41, 5.74) is -2.60. The molecule has 0 bridgehead atoms. The molecule has 1 aliphatic carbocycles. The summed E-state index contributed by atoms with van der Waals surface area (Å²) in [6.45, 7) is 0. The molecule has 0 aromatic heterocycles. The molecule has 40 heavy (non-hydrogen) atoms. The largest absolute Gasteiger partial charge is 0.351 e. The predicted molar refractivity (Wildman–Crippen MR) is 138 cm³/mol. The molecule has 0 fully saturated rings. The van der Waals surface area contributed by atoms with Crippen molar-refractivity contribution < 1.29 is 18.4 Å². The molecule has 0 radical (unpaired) electrons. The molecule has 5 rings (SSSR count). The zero-order valence-corrected chi connectivity index (χ0v) is 20.1. The van der Waals surface area contributed by atoms with E-state index in [-0.39, 0.29) is 44.8 Å². The van der Waals surface area contributed by atoms with E-state index >= 15 is 8.78 Å². The predicted octanol–water partition coefficient (Wildman–Crippen LogP) is 5.71. The van der Waals surface area contributed by atoms with Crippen LogP contribution in [0.5, 0.6) is 0 Å². The van der Waals surface area contributed by atoms with E-state index in [0.717, 1.165) is 0 Å². The first kappa shape index (κ1) is 25.3. The minimum Gasteiger partial charge on any atom is -0.351 e. The van der Waals surface area contributed by atoms with E-state index in [1.165, 1.54) is 60.7 Å². The van der Waals surface area contributed by atoms with Crippen molar-refractivity contribution in [2.75, 3.05) is 10.6 Å². The number of rotatable bonds is 4. The maximum Gasteiger partial charge on any atom is 0.197 e. The van der Waals surface area contributed by atoms with Crippen molar-refractivity contribution in [1.29, 1.82) is 21.0 Å². The summed E-state index contributed by atoms with van der Waals surface area (Å²) in [4.78, 5) is 26.6. The Kier molecular flexibility index (Phi) is 6.22. The number of nitriles is 4. The first-order valence-corrected chi connectivity index (χ1v) is 11.5. The number of halogens is 2. The molecular formula is C30H12F2N6O2. The summed E-state index contributed by atoms with van der Waals surface area (Å²) in [5, 5.41) is 42.5. The Morgan fingerprint density at radius 1 is 0.550 bits per heavy atom. The van der Waals surface area contributed by atoms with E-state index in [4.69, 9.17) is 0 Å². The molecule has 1 aliphatic rings. The standard InChI is InChI=1S/C30H12F2N6O2/c31-25-23-24(30(40)22-4-2-1-3-21(22)29(23)39)26(32)28(38-20-8-6-16(12-34)18(10-20)14-36)27(25)37-19-7-5-15(11-33)17(9-19)13-35/h1-10,37-38H. The number of ketones is 2. The quantitative estimate of drug-likeness (QED) is 0.302. The van der Waals surface area contributed by atoms with Gasteiger partial charge < -0.3 is 10.6 Å². The molecule has 0 unspecified atom stereocenters. The van der Waals surface area contributed by atoms with Crippen molar-refractivity contribution in [3.8, 4) is 24.3 Å². The van der Waals surface area contributed by atoms with Gasteiger partial charge in [0.25, 0.3) is 0 Å². The highest BCUT2D eigenvalue weighted by atomic mass is 19.1. The third-order valence-corrected chi connectivity index (χ3v) is 6.31. The van der Waals surface area contributed by atoms with E-state index in [9.17, 15) is 30.6 Å². The number of benzene rings is 4. The average Bonchev–Trinajstić information content (AvgIpc) is 2.99. The minimum atomic E-state index is -1.23. The van der Waals surface area contributed by atoms with Crippen LogP contribution in [0.25, 0.3) is 0 Å². The Balaban J connectivity index is 1.75. The van der Waals surface area contributed by atoms with Gasteiger partial charge in [0.05, 0.1) is 33.4 Å². The minimum absolute atomic E-state index is 0.0354. The molecule has 2 N–H and O–H groups in total. The zero-order chi connectivity index (χ0) is 28.6. The van der Waals surface area contributed by atoms with Gasteiger partial charge in [0.2, 0.25) is 0 Å². The molecule has 0 heterocycles. The van der Waals surface area contributed by atoms with Crippen molar-refractivity contribution in [3.05, 3.63) is 117 Å². The lowest BCUT2D eigenvalue weighted by Crippen LogP contribution is -2.25. The molecule has 4 aromatic rings. The summed E-state index contributed by atoms with van der Waals surface area (Å²) in [6.07, 6.45) is 0. The number of fused-ring (bicyclic) bond motifs is 2. The molecule has 8 nitrogen and oxygen atoms in total. The second-order valence-electron chi connectivity index (χ2n) is 8.55. The smallest absolute Gasteiger partial charge is 0.197 e. The molecule has 4 aromatic carbocycles. The summed E-state index contributed by atoms with van der Waals surface area (Å²) in [7, 11) is 0. The molecule has 10 heteroatoms. The Labute approximate surface area is 225 Å². The van der Waals surface area contributed by atoms with Crippen LogP contribution in [0.15, 0.2) is 60.7 Å². The van der Waals surface area contributed by atoms with Gasteiger partial charge >= 0.3 is 0 Å². The SMILES string of the molecule is N#Cc1ccc(Nc2c(F)c3c(c(F)c2Nc2ccc(C#N)c(C#N)c2)C(=O)c2ccccc2C3=O)cc1C#N. The van der Waals surface area contributed by atoms with Crippen LogP contribution in [0.2, 0.25) is 0 Å². The topological polar surface area (TPSA) is 153 Å². The highest BCUT2D eigenvalue weighted by Gasteiger charge is 2.38. The van der Waals surface area contributed by atoms with E-state index in [1.807, 2.05) is 24.3 Å². The number of carbonyl (C=O) groups excluding carboxylic acids is 2. The molecule has 0 spiro atoms. The Morgan fingerprint density at radius 3 is 1.27 bits per heavy atom. The fourth-order valence-corrected chi connectivity index (χ4v) is 4.41. The van der Waals surface area contributed by atoms with Gasteiger partial charge in [0.15, 0.2) is 23.2 Å². The number of nitrogens with one attached hydrogen (secondary N) is 2. The van der Waals surface area contributed by atoms with Crippen molar-refractivity contribution in [2.45, 2.75) is 0 Å². The van der Waals surface area contributed by atoms with Crippen molar-refractivity contribution in [3.63, 3.8) is 0 Å². The second-order valence-corrected chi connectivity index (χ2v) is 8.55. The van der Waals surface area contributed by atoms with E-state index in [2.05, 4.69) is 10.6 Å². The molecule has 188 valence electrons. The maximum atomic E-state index is 16.2. The van der Waals surface area contributed by atoms with Crippen LogP contribution in [-0.4, -0.2) is 11.6 Å². The number of nitrogens with zero attached hydrogens (tertiary/aromatic N) is 4. The van der Waals surface area contributed by atoms with Gasteiger partial charge in [-0.3, -0.25) is 9.59 Å². The fourth-order valence-electron chi connectivity index (χ4n) is 4.41. The Hall–Kier alpha value is -6.36.